The average Bonchev–Trinajstić information content (AvgIpc) is 3.23. The number of halogens is 3. The van der Waals surface area contributed by atoms with Gasteiger partial charge in [0.2, 0.25) is 11.8 Å². The van der Waals surface area contributed by atoms with Crippen LogP contribution in [0.5, 0.6) is 0 Å². The quantitative estimate of drug-likeness (QED) is 0.164. The molecule has 1 aliphatic heterocycles. The zero-order valence-corrected chi connectivity index (χ0v) is 26.3. The molecule has 7 N–H and O–H groups in total. The van der Waals surface area contributed by atoms with Crippen LogP contribution < -0.4 is 28.0 Å². The third-order valence-electron chi connectivity index (χ3n) is 8.22. The van der Waals surface area contributed by atoms with E-state index in [1.54, 1.807) is 6.07 Å². The number of nitrogens with zero attached hydrogens (tertiary/aromatic N) is 1. The summed E-state index contributed by atoms with van der Waals surface area (Å²) in [5, 5.41) is 2.91. The Morgan fingerprint density at radius 1 is 0.978 bits per heavy atom. The van der Waals surface area contributed by atoms with Crippen LogP contribution in [0, 0.1) is 0 Å². The predicted octanol–water partition coefficient (Wildman–Crippen LogP) is 2.73. The topological polar surface area (TPSA) is 154 Å². The molecule has 246 valence electrons. The zero-order valence-electron chi connectivity index (χ0n) is 26.3. The molecule has 0 saturated carbocycles. The van der Waals surface area contributed by atoms with E-state index in [-0.39, 0.29) is 51.0 Å². The summed E-state index contributed by atoms with van der Waals surface area (Å²) in [5.74, 6) is -0.767. The molecule has 0 bridgehead atoms. The highest BCUT2D eigenvalue weighted by atomic mass is 19.4. The molecule has 0 spiro atoms. The van der Waals surface area contributed by atoms with Crippen molar-refractivity contribution < 1.29 is 32.2 Å². The molecule has 0 fully saturated rings. The molecule has 2 atom stereocenters. The highest BCUT2D eigenvalue weighted by Gasteiger charge is 2.38. The number of nitrogens with one attached hydrogen (secondary N) is 1. The Labute approximate surface area is 263 Å². The first-order valence-corrected chi connectivity index (χ1v) is 15.4. The van der Waals surface area contributed by atoms with Gasteiger partial charge >= 0.3 is 13.1 Å². The van der Waals surface area contributed by atoms with Crippen molar-refractivity contribution >= 4 is 30.0 Å². The first kappa shape index (κ1) is 36.2. The van der Waals surface area contributed by atoms with E-state index in [4.69, 9.17) is 21.9 Å². The molecule has 13 heteroatoms. The maximum absolute atomic E-state index is 13.2. The van der Waals surface area contributed by atoms with Crippen molar-refractivity contribution in [1.82, 2.24) is 10.2 Å². The molecule has 2 amide bonds. The molecule has 0 saturated heterocycles. The molecule has 45 heavy (non-hydrogen) atoms. The van der Waals surface area contributed by atoms with E-state index in [2.05, 4.69) is 5.32 Å². The van der Waals surface area contributed by atoms with Crippen molar-refractivity contribution in [3.05, 3.63) is 64.7 Å². The molecule has 1 heterocycles. The van der Waals surface area contributed by atoms with Gasteiger partial charge in [-0.05, 0) is 68.3 Å². The number of carbonyl (C=O) groups is 3. The number of fused-ring (bicyclic) bond motifs is 1. The average molecular weight is 632 g/mol. The number of hydrogen-bond donors (Lipinski definition) is 4. The van der Waals surface area contributed by atoms with Crippen molar-refractivity contribution in [2.75, 3.05) is 26.2 Å². The molecule has 0 unspecified atom stereocenters. The number of amides is 2. The summed E-state index contributed by atoms with van der Waals surface area (Å²) < 4.78 is 45.0. The summed E-state index contributed by atoms with van der Waals surface area (Å²) in [6.45, 7) is 7.04. The Bertz CT molecular complexity index is 1320. The van der Waals surface area contributed by atoms with E-state index in [9.17, 15) is 27.6 Å². The molecule has 2 aromatic rings. The second-order valence-electron chi connectivity index (χ2n) is 12.1. The number of alkyl halides is 3. The first-order chi connectivity index (χ1) is 21.2. The molecule has 9 nitrogen and oxygen atoms in total. The number of Topliss-reactive ketones (excluding diaryl/α,β-unsaturated/α-hetero) is 1. The Morgan fingerprint density at radius 2 is 1.62 bits per heavy atom. The van der Waals surface area contributed by atoms with Gasteiger partial charge in [0, 0.05) is 50.6 Å². The van der Waals surface area contributed by atoms with Gasteiger partial charge in [0.1, 0.15) is 0 Å². The van der Waals surface area contributed by atoms with Crippen LogP contribution in [-0.4, -0.2) is 67.7 Å². The van der Waals surface area contributed by atoms with Gasteiger partial charge in [-0.1, -0.05) is 37.2 Å². The van der Waals surface area contributed by atoms with E-state index >= 15 is 0 Å². The summed E-state index contributed by atoms with van der Waals surface area (Å²) in [4.78, 5) is 40.4. The fraction of sp³-hybridized carbons (Fsp3) is 0.531. The molecule has 0 aliphatic carbocycles. The Balaban J connectivity index is 1.67. The monoisotopic (exact) mass is 631 g/mol. The van der Waals surface area contributed by atoms with Crippen LogP contribution in [0.4, 0.5) is 13.2 Å². The lowest BCUT2D eigenvalue weighted by molar-refractivity contribution is -0.137. The third-order valence-corrected chi connectivity index (χ3v) is 8.22. The van der Waals surface area contributed by atoms with Crippen molar-refractivity contribution in [2.45, 2.75) is 83.1 Å². The minimum absolute atomic E-state index is 0.0422. The summed E-state index contributed by atoms with van der Waals surface area (Å²) >= 11 is 0. The second kappa shape index (κ2) is 15.8. The molecule has 3 rings (SSSR count). The van der Waals surface area contributed by atoms with E-state index in [1.165, 1.54) is 17.0 Å². The summed E-state index contributed by atoms with van der Waals surface area (Å²) in [6.07, 6.45) is -3.10. The largest absolute Gasteiger partial charge is 0.422 e. The van der Waals surface area contributed by atoms with Crippen LogP contribution in [0.3, 0.4) is 0 Å². The van der Waals surface area contributed by atoms with Crippen LogP contribution in [-0.2, 0) is 32.4 Å². The standard InChI is InChI=1S/C32H45BF3N5O4/c1-31(2)25-12-7-22(20-26(25)33(3)45-31)28(42)14-11-24(10-6-21-4-8-23(9-5-21)32(34,35)36)40-30(44)27(39)13-15-29(43)41(18-16-37)19-17-38/h4-5,7-9,12,20,24,27H,6,10-11,13-19,37-39H2,1-3H3,(H,40,44)/t24-,27+/m1/s1. The molecule has 0 radical (unpaired) electrons. The van der Waals surface area contributed by atoms with Gasteiger partial charge in [-0.25, -0.2) is 0 Å². The van der Waals surface area contributed by atoms with Gasteiger partial charge in [0.25, 0.3) is 0 Å². The molecule has 2 aromatic carbocycles. The van der Waals surface area contributed by atoms with Crippen molar-refractivity contribution in [1.29, 1.82) is 0 Å². The Hall–Kier alpha value is -3.26. The van der Waals surface area contributed by atoms with E-state index in [0.29, 0.717) is 43.5 Å². The number of carbonyl (C=O) groups excluding carboxylic acids is 3. The SMILES string of the molecule is CB1OC(C)(C)c2ccc(C(=O)CC[C@@H](CCc3ccc(C(F)(F)F)cc3)NC(=O)[C@@H](N)CCC(=O)N(CCN)CCN)cc21. The Kier molecular flexibility index (Phi) is 12.7. The van der Waals surface area contributed by atoms with Gasteiger partial charge < -0.3 is 32.1 Å². The number of hydrogen-bond acceptors (Lipinski definition) is 7. The lowest BCUT2D eigenvalue weighted by atomic mass is 9.63. The van der Waals surface area contributed by atoms with Crippen LogP contribution >= 0.6 is 0 Å². The molecular weight excluding hydrogens is 586 g/mol. The van der Waals surface area contributed by atoms with Crippen LogP contribution in [0.1, 0.15) is 73.0 Å². The number of aryl methyl sites for hydroxylation is 1. The van der Waals surface area contributed by atoms with E-state index in [1.807, 2.05) is 32.8 Å². The minimum Gasteiger partial charge on any atom is -0.422 e. The van der Waals surface area contributed by atoms with Crippen LogP contribution in [0.15, 0.2) is 42.5 Å². The Morgan fingerprint density at radius 3 is 2.22 bits per heavy atom. The number of rotatable bonds is 16. The number of benzene rings is 2. The van der Waals surface area contributed by atoms with Crippen molar-refractivity contribution in [3.63, 3.8) is 0 Å². The third kappa shape index (κ3) is 10.1. The zero-order chi connectivity index (χ0) is 33.4. The maximum Gasteiger partial charge on any atom is 0.416 e. The fourth-order valence-corrected chi connectivity index (χ4v) is 5.68. The van der Waals surface area contributed by atoms with Gasteiger partial charge in [-0.3, -0.25) is 14.4 Å². The first-order valence-electron chi connectivity index (χ1n) is 15.4. The van der Waals surface area contributed by atoms with E-state index in [0.717, 1.165) is 23.2 Å². The highest BCUT2D eigenvalue weighted by Crippen LogP contribution is 2.31. The second-order valence-corrected chi connectivity index (χ2v) is 12.1. The summed E-state index contributed by atoms with van der Waals surface area (Å²) in [5.41, 5.74) is 19.3. The molecular formula is C32H45BF3N5O4. The van der Waals surface area contributed by atoms with E-state index < -0.39 is 35.3 Å². The van der Waals surface area contributed by atoms with Crippen LogP contribution in [0.2, 0.25) is 6.82 Å². The maximum atomic E-state index is 13.2. The normalized spacial score (nSPS) is 15.4. The van der Waals surface area contributed by atoms with Crippen LogP contribution in [0.25, 0.3) is 0 Å². The van der Waals surface area contributed by atoms with Crippen molar-refractivity contribution in [2.24, 2.45) is 17.2 Å². The van der Waals surface area contributed by atoms with Gasteiger partial charge in [0.15, 0.2) is 5.78 Å². The number of nitrogens with two attached hydrogens (primary N) is 3. The number of ketones is 1. The fourth-order valence-electron chi connectivity index (χ4n) is 5.68. The molecule has 1 aliphatic rings. The minimum atomic E-state index is -4.43. The summed E-state index contributed by atoms with van der Waals surface area (Å²) in [7, 11) is 0. The molecule has 0 aromatic heterocycles. The van der Waals surface area contributed by atoms with Crippen molar-refractivity contribution in [3.8, 4) is 0 Å². The summed E-state index contributed by atoms with van der Waals surface area (Å²) in [6, 6.07) is 8.98. The highest BCUT2D eigenvalue weighted by molar-refractivity contribution is 6.68. The lowest BCUT2D eigenvalue weighted by Gasteiger charge is -2.23. The lowest BCUT2D eigenvalue weighted by Crippen LogP contribution is -2.46. The predicted molar refractivity (Wildman–Crippen MR) is 169 cm³/mol. The smallest absolute Gasteiger partial charge is 0.416 e. The van der Waals surface area contributed by atoms with Gasteiger partial charge in [0.05, 0.1) is 17.2 Å². The van der Waals surface area contributed by atoms with Gasteiger partial charge in [-0.15, -0.1) is 0 Å². The van der Waals surface area contributed by atoms with Gasteiger partial charge in [-0.2, -0.15) is 13.2 Å².